The van der Waals surface area contributed by atoms with E-state index in [1.165, 1.54) is 11.8 Å². The van der Waals surface area contributed by atoms with E-state index < -0.39 is 0 Å². The number of nitriles is 1. The normalized spacial score (nSPS) is 10.2. The molecular formula is C22H21N5O2S. The van der Waals surface area contributed by atoms with E-state index in [-0.39, 0.29) is 18.4 Å². The Hall–Kier alpha value is -3.57. The molecule has 8 heteroatoms. The molecule has 7 nitrogen and oxygen atoms in total. The van der Waals surface area contributed by atoms with Gasteiger partial charge in [-0.1, -0.05) is 24.3 Å². The predicted molar refractivity (Wildman–Crippen MR) is 116 cm³/mol. The second-order valence-corrected chi connectivity index (χ2v) is 7.52. The second kappa shape index (κ2) is 10.8. The summed E-state index contributed by atoms with van der Waals surface area (Å²) in [5.74, 6) is 0.831. The zero-order valence-electron chi connectivity index (χ0n) is 16.2. The molecule has 1 aromatic heterocycles. The van der Waals surface area contributed by atoms with Crippen molar-refractivity contribution < 1.29 is 9.59 Å². The monoisotopic (exact) mass is 419 g/mol. The molecule has 0 aliphatic rings. The van der Waals surface area contributed by atoms with Crippen LogP contribution in [0.3, 0.4) is 0 Å². The van der Waals surface area contributed by atoms with E-state index in [4.69, 9.17) is 5.26 Å². The average Bonchev–Trinajstić information content (AvgIpc) is 3.26. The summed E-state index contributed by atoms with van der Waals surface area (Å²) in [5, 5.41) is 18.5. The summed E-state index contributed by atoms with van der Waals surface area (Å²) < 4.78 is 1.55. The van der Waals surface area contributed by atoms with Crippen LogP contribution in [0.1, 0.15) is 16.7 Å². The van der Waals surface area contributed by atoms with Crippen molar-refractivity contribution >= 4 is 29.3 Å². The highest BCUT2D eigenvalue weighted by Gasteiger charge is 2.06. The highest BCUT2D eigenvalue weighted by Crippen LogP contribution is 2.14. The second-order valence-electron chi connectivity index (χ2n) is 6.53. The van der Waals surface area contributed by atoms with Crippen molar-refractivity contribution in [2.75, 3.05) is 11.1 Å². The van der Waals surface area contributed by atoms with Crippen LogP contribution in [0.25, 0.3) is 0 Å². The van der Waals surface area contributed by atoms with E-state index in [0.717, 1.165) is 11.1 Å². The number of amides is 2. The van der Waals surface area contributed by atoms with Crippen LogP contribution in [-0.2, 0) is 28.4 Å². The molecule has 0 radical (unpaired) electrons. The van der Waals surface area contributed by atoms with Gasteiger partial charge in [0.1, 0.15) is 6.54 Å². The Morgan fingerprint density at radius 1 is 1.07 bits per heavy atom. The number of benzene rings is 2. The molecule has 0 aliphatic heterocycles. The number of aromatic nitrogens is 2. The molecular weight excluding hydrogens is 398 g/mol. The third-order valence-corrected chi connectivity index (χ3v) is 5.15. The lowest BCUT2D eigenvalue weighted by molar-refractivity contribution is -0.119. The van der Waals surface area contributed by atoms with Gasteiger partial charge in [0, 0.05) is 30.4 Å². The summed E-state index contributed by atoms with van der Waals surface area (Å²) in [5.41, 5.74) is 3.28. The van der Waals surface area contributed by atoms with Crippen molar-refractivity contribution in [2.45, 2.75) is 18.8 Å². The zero-order valence-corrected chi connectivity index (χ0v) is 17.1. The molecule has 30 heavy (non-hydrogen) atoms. The van der Waals surface area contributed by atoms with E-state index in [9.17, 15) is 9.59 Å². The van der Waals surface area contributed by atoms with Gasteiger partial charge in [-0.25, -0.2) is 0 Å². The van der Waals surface area contributed by atoms with Gasteiger partial charge in [0.2, 0.25) is 11.8 Å². The minimum absolute atomic E-state index is 0.0539. The van der Waals surface area contributed by atoms with E-state index in [1.807, 2.05) is 30.3 Å². The summed E-state index contributed by atoms with van der Waals surface area (Å²) in [6.07, 6.45) is 3.35. The maximum absolute atomic E-state index is 12.1. The summed E-state index contributed by atoms with van der Waals surface area (Å²) in [7, 11) is 0. The molecule has 0 atom stereocenters. The lowest BCUT2D eigenvalue weighted by atomic mass is 10.2. The van der Waals surface area contributed by atoms with Gasteiger partial charge in [-0.2, -0.15) is 10.4 Å². The van der Waals surface area contributed by atoms with Crippen molar-refractivity contribution in [1.82, 2.24) is 15.1 Å². The van der Waals surface area contributed by atoms with Gasteiger partial charge in [0.15, 0.2) is 0 Å². The van der Waals surface area contributed by atoms with E-state index in [1.54, 1.807) is 41.3 Å². The average molecular weight is 420 g/mol. The SMILES string of the molecule is N#Cc1ccc(CSCC(=O)NCc2cccc(NC(=O)Cn3cccn3)c2)cc1. The highest BCUT2D eigenvalue weighted by atomic mass is 32.2. The topological polar surface area (TPSA) is 99.8 Å². The van der Waals surface area contributed by atoms with Crippen LogP contribution in [-0.4, -0.2) is 27.3 Å². The number of carbonyl (C=O) groups excluding carboxylic acids is 2. The van der Waals surface area contributed by atoms with E-state index >= 15 is 0 Å². The number of thioether (sulfide) groups is 1. The fourth-order valence-corrected chi connectivity index (χ4v) is 3.51. The van der Waals surface area contributed by atoms with Gasteiger partial charge >= 0.3 is 0 Å². The Kier molecular flexibility index (Phi) is 7.64. The molecule has 2 aromatic carbocycles. The first-order valence-corrected chi connectivity index (χ1v) is 10.5. The minimum atomic E-state index is -0.168. The minimum Gasteiger partial charge on any atom is -0.351 e. The first-order chi connectivity index (χ1) is 14.6. The summed E-state index contributed by atoms with van der Waals surface area (Å²) in [4.78, 5) is 24.2. The van der Waals surface area contributed by atoms with Crippen LogP contribution in [0, 0.1) is 11.3 Å². The lowest BCUT2D eigenvalue weighted by Crippen LogP contribution is -2.24. The molecule has 3 rings (SSSR count). The van der Waals surface area contributed by atoms with Gasteiger partial charge in [0.05, 0.1) is 17.4 Å². The van der Waals surface area contributed by atoms with Crippen LogP contribution < -0.4 is 10.6 Å². The van der Waals surface area contributed by atoms with Crippen LogP contribution >= 0.6 is 11.8 Å². The summed E-state index contributed by atoms with van der Waals surface area (Å²) >= 11 is 1.52. The van der Waals surface area contributed by atoms with Gasteiger partial charge in [-0.3, -0.25) is 14.3 Å². The molecule has 2 amide bonds. The molecule has 2 N–H and O–H groups in total. The summed E-state index contributed by atoms with van der Waals surface area (Å²) in [6, 6.07) is 18.6. The zero-order chi connectivity index (χ0) is 21.2. The van der Waals surface area contributed by atoms with Crippen molar-refractivity contribution in [3.63, 3.8) is 0 Å². The molecule has 152 valence electrons. The van der Waals surface area contributed by atoms with Gasteiger partial charge in [-0.15, -0.1) is 11.8 Å². The molecule has 0 saturated heterocycles. The Morgan fingerprint density at radius 3 is 2.63 bits per heavy atom. The highest BCUT2D eigenvalue weighted by molar-refractivity contribution is 7.99. The first-order valence-electron chi connectivity index (χ1n) is 9.32. The fraction of sp³-hybridized carbons (Fsp3) is 0.182. The number of rotatable bonds is 9. The first kappa shape index (κ1) is 21.1. The molecule has 0 spiro atoms. The van der Waals surface area contributed by atoms with Crippen molar-refractivity contribution in [3.05, 3.63) is 83.7 Å². The van der Waals surface area contributed by atoms with Crippen molar-refractivity contribution in [1.29, 1.82) is 5.26 Å². The third-order valence-electron chi connectivity index (χ3n) is 4.15. The maximum atomic E-state index is 12.1. The Morgan fingerprint density at radius 2 is 1.90 bits per heavy atom. The number of nitrogens with zero attached hydrogens (tertiary/aromatic N) is 3. The summed E-state index contributed by atoms with van der Waals surface area (Å²) in [6.45, 7) is 0.531. The van der Waals surface area contributed by atoms with Crippen LogP contribution in [0.15, 0.2) is 67.0 Å². The standard InChI is InChI=1S/C22H21N5O2S/c23-12-17-5-7-18(8-6-17)15-30-16-22(29)24-13-19-3-1-4-20(11-19)26-21(28)14-27-10-2-9-25-27/h1-11H,13-16H2,(H,24,29)(H,26,28). The van der Waals surface area contributed by atoms with Crippen LogP contribution in [0.2, 0.25) is 0 Å². The van der Waals surface area contributed by atoms with Gasteiger partial charge < -0.3 is 10.6 Å². The Labute approximate surface area is 179 Å². The number of hydrogen-bond donors (Lipinski definition) is 2. The van der Waals surface area contributed by atoms with Crippen LogP contribution in [0.5, 0.6) is 0 Å². The lowest BCUT2D eigenvalue weighted by Gasteiger charge is -2.09. The van der Waals surface area contributed by atoms with Crippen LogP contribution in [0.4, 0.5) is 5.69 Å². The maximum Gasteiger partial charge on any atom is 0.246 e. The predicted octanol–water partition coefficient (Wildman–Crippen LogP) is 2.94. The third kappa shape index (κ3) is 6.79. The molecule has 0 fully saturated rings. The number of nitrogens with one attached hydrogen (secondary N) is 2. The number of anilines is 1. The molecule has 1 heterocycles. The van der Waals surface area contributed by atoms with Crippen molar-refractivity contribution in [2.24, 2.45) is 0 Å². The van der Waals surface area contributed by atoms with Gasteiger partial charge in [0.25, 0.3) is 0 Å². The fourth-order valence-electron chi connectivity index (χ4n) is 2.69. The number of carbonyl (C=O) groups is 2. The molecule has 0 bridgehead atoms. The largest absolute Gasteiger partial charge is 0.351 e. The Balaban J connectivity index is 1.40. The quantitative estimate of drug-likeness (QED) is 0.555. The molecule has 0 unspecified atom stereocenters. The smallest absolute Gasteiger partial charge is 0.246 e. The Bertz CT molecular complexity index is 1030. The van der Waals surface area contributed by atoms with E-state index in [2.05, 4.69) is 21.8 Å². The molecule has 3 aromatic rings. The van der Waals surface area contributed by atoms with Crippen molar-refractivity contribution in [3.8, 4) is 6.07 Å². The van der Waals surface area contributed by atoms with E-state index in [0.29, 0.717) is 29.3 Å². The van der Waals surface area contributed by atoms with Gasteiger partial charge in [-0.05, 0) is 41.5 Å². The molecule has 0 aliphatic carbocycles. The molecule has 0 saturated carbocycles. The number of hydrogen-bond acceptors (Lipinski definition) is 5.